The molecule has 0 amide bonds. The van der Waals surface area contributed by atoms with Gasteiger partial charge in [-0.15, -0.1) is 9.45 Å². The SMILES string of the molecule is C=CS(=O)(=O)c1ccc(/N=N/c2c(N)ccc3cc(SOOO)cc(O)c23)cc1. The molecular weight excluding hydrogens is 418 g/mol. The molecule has 0 spiro atoms. The van der Waals surface area contributed by atoms with Crippen molar-refractivity contribution in [1.82, 2.24) is 0 Å². The molecule has 11 heteroatoms. The van der Waals surface area contributed by atoms with E-state index in [4.69, 9.17) is 11.0 Å². The van der Waals surface area contributed by atoms with Gasteiger partial charge in [0.05, 0.1) is 33.7 Å². The Labute approximate surface area is 170 Å². The van der Waals surface area contributed by atoms with Gasteiger partial charge in [0, 0.05) is 10.3 Å². The summed E-state index contributed by atoms with van der Waals surface area (Å²) in [7, 11) is -3.53. The highest BCUT2D eigenvalue weighted by Crippen LogP contribution is 2.41. The third kappa shape index (κ3) is 4.55. The minimum Gasteiger partial charge on any atom is -0.507 e. The normalized spacial score (nSPS) is 11.9. The van der Waals surface area contributed by atoms with Crippen LogP contribution in [0.3, 0.4) is 0 Å². The van der Waals surface area contributed by atoms with E-state index < -0.39 is 9.84 Å². The van der Waals surface area contributed by atoms with Gasteiger partial charge >= 0.3 is 0 Å². The molecule has 0 fully saturated rings. The molecule has 29 heavy (non-hydrogen) atoms. The summed E-state index contributed by atoms with van der Waals surface area (Å²) in [5, 5.41) is 32.3. The summed E-state index contributed by atoms with van der Waals surface area (Å²) in [6.45, 7) is 3.28. The van der Waals surface area contributed by atoms with Crippen LogP contribution in [0.25, 0.3) is 10.8 Å². The van der Waals surface area contributed by atoms with Crippen LogP contribution >= 0.6 is 12.0 Å². The Bertz CT molecular complexity index is 1190. The molecular formula is C18H15N3O6S2. The summed E-state index contributed by atoms with van der Waals surface area (Å²) in [5.74, 6) is -0.125. The van der Waals surface area contributed by atoms with Gasteiger partial charge in [-0.25, -0.2) is 13.7 Å². The topological polar surface area (TPSA) is 144 Å². The molecule has 0 aliphatic rings. The molecule has 4 N–H and O–H groups in total. The van der Waals surface area contributed by atoms with Crippen LogP contribution in [0.5, 0.6) is 5.75 Å². The summed E-state index contributed by atoms with van der Waals surface area (Å²) in [4.78, 5) is 0.559. The second-order valence-electron chi connectivity index (χ2n) is 5.68. The van der Waals surface area contributed by atoms with Gasteiger partial charge in [0.2, 0.25) is 0 Å². The molecule has 0 unspecified atom stereocenters. The summed E-state index contributed by atoms with van der Waals surface area (Å²) >= 11 is 0.701. The van der Waals surface area contributed by atoms with E-state index in [1.165, 1.54) is 30.3 Å². The first-order chi connectivity index (χ1) is 13.9. The van der Waals surface area contributed by atoms with E-state index in [0.29, 0.717) is 33.4 Å². The van der Waals surface area contributed by atoms with Crippen molar-refractivity contribution in [2.24, 2.45) is 10.2 Å². The average molecular weight is 433 g/mol. The second-order valence-corrected chi connectivity index (χ2v) is 8.34. The molecule has 3 rings (SSSR count). The summed E-state index contributed by atoms with van der Waals surface area (Å²) < 4.78 is 27.9. The zero-order valence-corrected chi connectivity index (χ0v) is 16.4. The maximum absolute atomic E-state index is 11.8. The molecule has 0 aliphatic heterocycles. The smallest absolute Gasteiger partial charge is 0.199 e. The van der Waals surface area contributed by atoms with E-state index in [2.05, 4.69) is 26.2 Å². The molecule has 0 aliphatic carbocycles. The largest absolute Gasteiger partial charge is 0.507 e. The zero-order valence-electron chi connectivity index (χ0n) is 14.7. The van der Waals surface area contributed by atoms with Crippen LogP contribution in [0.15, 0.2) is 80.5 Å². The lowest BCUT2D eigenvalue weighted by atomic mass is 10.1. The van der Waals surface area contributed by atoms with Crippen LogP contribution in [-0.2, 0) is 19.2 Å². The van der Waals surface area contributed by atoms with Gasteiger partial charge in [-0.3, -0.25) is 0 Å². The number of nitrogens with zero attached hydrogens (tertiary/aromatic N) is 2. The molecule has 0 radical (unpaired) electrons. The number of nitrogen functional groups attached to an aromatic ring is 1. The Morgan fingerprint density at radius 2 is 1.83 bits per heavy atom. The van der Waals surface area contributed by atoms with Crippen LogP contribution in [0.2, 0.25) is 0 Å². The highest BCUT2D eigenvalue weighted by Gasteiger charge is 2.13. The molecule has 0 aromatic heterocycles. The maximum Gasteiger partial charge on any atom is 0.199 e. The number of phenolic OH excluding ortho intramolecular Hbond substituents is 1. The summed E-state index contributed by atoms with van der Waals surface area (Å²) in [5.41, 5.74) is 6.93. The fourth-order valence-corrected chi connectivity index (χ4v) is 3.68. The Morgan fingerprint density at radius 3 is 2.48 bits per heavy atom. The molecule has 0 atom stereocenters. The number of fused-ring (bicyclic) bond motifs is 1. The van der Waals surface area contributed by atoms with Gasteiger partial charge in [0.1, 0.15) is 11.4 Å². The first-order valence-corrected chi connectivity index (χ1v) is 10.2. The molecule has 9 nitrogen and oxygen atoms in total. The van der Waals surface area contributed by atoms with E-state index >= 15 is 0 Å². The monoisotopic (exact) mass is 433 g/mol. The van der Waals surface area contributed by atoms with E-state index in [9.17, 15) is 13.5 Å². The molecule has 0 heterocycles. The van der Waals surface area contributed by atoms with Crippen LogP contribution < -0.4 is 5.73 Å². The minimum atomic E-state index is -3.53. The average Bonchev–Trinajstić information content (AvgIpc) is 2.72. The predicted molar refractivity (Wildman–Crippen MR) is 109 cm³/mol. The first-order valence-electron chi connectivity index (χ1n) is 7.95. The van der Waals surface area contributed by atoms with E-state index in [1.54, 1.807) is 18.2 Å². The van der Waals surface area contributed by atoms with Crippen LogP contribution in [0.4, 0.5) is 17.1 Å². The van der Waals surface area contributed by atoms with E-state index in [0.717, 1.165) is 5.41 Å². The van der Waals surface area contributed by atoms with Gasteiger partial charge in [0.15, 0.2) is 9.84 Å². The highest BCUT2D eigenvalue weighted by molar-refractivity contribution is 7.94. The van der Waals surface area contributed by atoms with Crippen molar-refractivity contribution in [3.63, 3.8) is 0 Å². The Kier molecular flexibility index (Phi) is 6.15. The van der Waals surface area contributed by atoms with Crippen molar-refractivity contribution in [3.05, 3.63) is 60.5 Å². The molecule has 3 aromatic carbocycles. The molecule has 150 valence electrons. The first kappa shape index (κ1) is 20.8. The lowest BCUT2D eigenvalue weighted by molar-refractivity contribution is -0.432. The fourth-order valence-electron chi connectivity index (χ4n) is 2.53. The Balaban J connectivity index is 1.99. The summed E-state index contributed by atoms with van der Waals surface area (Å²) in [6, 6.07) is 12.1. The van der Waals surface area contributed by atoms with Crippen molar-refractivity contribution >= 4 is 49.7 Å². The number of azo groups is 1. The predicted octanol–water partition coefficient (Wildman–Crippen LogP) is 4.89. The molecule has 3 aromatic rings. The van der Waals surface area contributed by atoms with Gasteiger partial charge in [0.25, 0.3) is 0 Å². The number of aromatic hydroxyl groups is 1. The minimum absolute atomic E-state index is 0.0906. The van der Waals surface area contributed by atoms with Gasteiger partial charge in [-0.1, -0.05) is 17.7 Å². The van der Waals surface area contributed by atoms with Crippen molar-refractivity contribution in [1.29, 1.82) is 0 Å². The van der Waals surface area contributed by atoms with Gasteiger partial charge in [-0.05, 0) is 47.9 Å². The highest BCUT2D eigenvalue weighted by atomic mass is 32.2. The van der Waals surface area contributed by atoms with E-state index in [1.807, 2.05) is 0 Å². The van der Waals surface area contributed by atoms with Crippen LogP contribution in [-0.4, -0.2) is 18.8 Å². The number of benzene rings is 3. The van der Waals surface area contributed by atoms with Gasteiger partial charge in [-0.2, -0.15) is 5.11 Å². The standard InChI is InChI=1S/C18H15N3O6S2/c1-2-29(24,25)14-6-4-12(5-7-14)20-21-18-15(19)8-3-11-9-13(28-27-26-23)10-16(22)17(11)18/h2-10,22-23H,1,19H2/b21-20+. The maximum atomic E-state index is 11.8. The Morgan fingerprint density at radius 1 is 1.10 bits per heavy atom. The third-order valence-electron chi connectivity index (χ3n) is 3.89. The lowest BCUT2D eigenvalue weighted by Crippen LogP contribution is -1.94. The van der Waals surface area contributed by atoms with Crippen molar-refractivity contribution in [3.8, 4) is 5.75 Å². The number of nitrogens with two attached hydrogens (primary N) is 1. The second kappa shape index (κ2) is 8.59. The number of rotatable bonds is 7. The van der Waals surface area contributed by atoms with Gasteiger partial charge < -0.3 is 10.8 Å². The van der Waals surface area contributed by atoms with Crippen molar-refractivity contribution < 1.29 is 28.2 Å². The number of hydrogen-bond acceptors (Lipinski definition) is 10. The summed E-state index contributed by atoms with van der Waals surface area (Å²) in [6.07, 6.45) is 0. The quantitative estimate of drug-likeness (QED) is 0.157. The van der Waals surface area contributed by atoms with Crippen LogP contribution in [0.1, 0.15) is 0 Å². The molecule has 0 saturated heterocycles. The number of anilines is 1. The number of sulfone groups is 1. The third-order valence-corrected chi connectivity index (χ3v) is 5.81. The van der Waals surface area contributed by atoms with Crippen molar-refractivity contribution in [2.75, 3.05) is 5.73 Å². The molecule has 0 bridgehead atoms. The number of hydrogen-bond donors (Lipinski definition) is 3. The van der Waals surface area contributed by atoms with Crippen molar-refractivity contribution in [2.45, 2.75) is 9.79 Å². The lowest BCUT2D eigenvalue weighted by Gasteiger charge is -2.09. The van der Waals surface area contributed by atoms with Crippen LogP contribution in [0, 0.1) is 0 Å². The van der Waals surface area contributed by atoms with E-state index in [-0.39, 0.29) is 22.0 Å². The Hall–Kier alpha value is -2.96. The zero-order chi connectivity index (χ0) is 21.0. The number of phenols is 1. The molecule has 0 saturated carbocycles. The fraction of sp³-hybridized carbons (Fsp3) is 0.